The third kappa shape index (κ3) is 9.83. The molecular formula is C40H36Cl2F2N10O2. The zero-order chi connectivity index (χ0) is 39.6. The highest BCUT2D eigenvalue weighted by Crippen LogP contribution is 2.24. The first kappa shape index (κ1) is 39.3. The Balaban J connectivity index is 0.000000161. The standard InChI is InChI=1S/C20H17ClFN5O.C13H14FN3O.C7H5ClN2/c1-2-27-17(8-18(26-27)23-9-12-3-5-14(22)6-4-12)19(28)16-11-25-20-15(16)7-13(21)10-24-20;1-2-17-12(9-18)7-13(16-17)15-8-10-3-5-11(14)6-4-10;8-6-3-5-1-2-9-7(5)10-4-6/h3-8,10-11H,2,9H2,1H3,(H,23,26)(H,24,25);3-7,9H,2,8H2,1H3,(H,15,16);1-4H,(H,9,10). The van der Waals surface area contributed by atoms with Crippen LogP contribution in [-0.2, 0) is 26.2 Å². The summed E-state index contributed by atoms with van der Waals surface area (Å²) in [6.45, 7) is 6.04. The Morgan fingerprint density at radius 2 is 1.32 bits per heavy atom. The fourth-order valence-corrected chi connectivity index (χ4v) is 5.92. The number of nitrogens with zero attached hydrogens (tertiary/aromatic N) is 6. The molecule has 0 aliphatic heterocycles. The number of aldehydes is 1. The molecule has 6 aromatic heterocycles. The van der Waals surface area contributed by atoms with E-state index in [0.717, 1.165) is 28.4 Å². The molecule has 6 heterocycles. The van der Waals surface area contributed by atoms with Gasteiger partial charge < -0.3 is 20.6 Å². The fourth-order valence-electron chi connectivity index (χ4n) is 5.60. The van der Waals surface area contributed by atoms with E-state index in [1.807, 2.05) is 32.2 Å². The second-order valence-corrected chi connectivity index (χ2v) is 13.1. The van der Waals surface area contributed by atoms with Gasteiger partial charge in [-0.3, -0.25) is 19.0 Å². The maximum atomic E-state index is 13.1. The Kier molecular flexibility index (Phi) is 12.8. The average molecular weight is 798 g/mol. The zero-order valence-electron chi connectivity index (χ0n) is 30.2. The summed E-state index contributed by atoms with van der Waals surface area (Å²) in [5.41, 5.74) is 4.84. The van der Waals surface area contributed by atoms with Crippen molar-refractivity contribution in [3.63, 3.8) is 0 Å². The van der Waals surface area contributed by atoms with Gasteiger partial charge in [-0.1, -0.05) is 47.5 Å². The lowest BCUT2D eigenvalue weighted by atomic mass is 10.1. The van der Waals surface area contributed by atoms with Crippen molar-refractivity contribution in [3.8, 4) is 0 Å². The van der Waals surface area contributed by atoms with Gasteiger partial charge in [0, 0.05) is 73.9 Å². The summed E-state index contributed by atoms with van der Waals surface area (Å²) in [7, 11) is 0. The normalized spacial score (nSPS) is 10.8. The molecule has 0 radical (unpaired) electrons. The third-order valence-corrected chi connectivity index (χ3v) is 8.84. The van der Waals surface area contributed by atoms with E-state index in [1.54, 1.807) is 64.2 Å². The van der Waals surface area contributed by atoms with Crippen molar-refractivity contribution < 1.29 is 18.4 Å². The van der Waals surface area contributed by atoms with Crippen LogP contribution in [0, 0.1) is 11.6 Å². The third-order valence-electron chi connectivity index (χ3n) is 8.43. The van der Waals surface area contributed by atoms with Gasteiger partial charge in [0.25, 0.3) is 0 Å². The van der Waals surface area contributed by atoms with E-state index in [1.165, 1.54) is 30.5 Å². The van der Waals surface area contributed by atoms with Crippen LogP contribution in [0.25, 0.3) is 22.1 Å². The molecule has 0 amide bonds. The molecule has 2 aromatic carbocycles. The molecule has 0 aliphatic rings. The number of aromatic nitrogens is 8. The number of nitrogens with one attached hydrogen (secondary N) is 4. The minimum Gasteiger partial charge on any atom is -0.365 e. The molecule has 56 heavy (non-hydrogen) atoms. The summed E-state index contributed by atoms with van der Waals surface area (Å²) in [4.78, 5) is 38.1. The number of ketones is 1. The van der Waals surface area contributed by atoms with Crippen molar-refractivity contribution in [2.24, 2.45) is 0 Å². The van der Waals surface area contributed by atoms with E-state index < -0.39 is 0 Å². The molecule has 0 saturated heterocycles. The summed E-state index contributed by atoms with van der Waals surface area (Å²) >= 11 is 11.7. The van der Waals surface area contributed by atoms with Gasteiger partial charge in [0.2, 0.25) is 5.78 Å². The Hall–Kier alpha value is -6.38. The second-order valence-electron chi connectivity index (χ2n) is 12.2. The molecule has 12 nitrogen and oxygen atoms in total. The van der Waals surface area contributed by atoms with Crippen LogP contribution in [0.5, 0.6) is 0 Å². The molecule has 16 heteroatoms. The van der Waals surface area contributed by atoms with Gasteiger partial charge in [0.05, 0.1) is 15.6 Å². The van der Waals surface area contributed by atoms with Gasteiger partial charge in [0.15, 0.2) is 6.29 Å². The van der Waals surface area contributed by atoms with Gasteiger partial charge in [-0.05, 0) is 67.4 Å². The molecule has 4 N–H and O–H groups in total. The van der Waals surface area contributed by atoms with Crippen LogP contribution in [0.2, 0.25) is 10.0 Å². The minimum absolute atomic E-state index is 0.167. The molecule has 8 aromatic rings. The van der Waals surface area contributed by atoms with Gasteiger partial charge >= 0.3 is 0 Å². The largest absolute Gasteiger partial charge is 0.365 e. The van der Waals surface area contributed by atoms with E-state index in [4.69, 9.17) is 23.2 Å². The van der Waals surface area contributed by atoms with Gasteiger partial charge in [-0.2, -0.15) is 10.2 Å². The predicted octanol–water partition coefficient (Wildman–Crippen LogP) is 9.10. The first-order valence-corrected chi connectivity index (χ1v) is 18.2. The molecule has 0 atom stereocenters. The average Bonchev–Trinajstić information content (AvgIpc) is 4.03. The summed E-state index contributed by atoms with van der Waals surface area (Å²) in [5, 5.41) is 17.8. The highest BCUT2D eigenvalue weighted by Gasteiger charge is 2.20. The monoisotopic (exact) mass is 796 g/mol. The minimum atomic E-state index is -0.278. The Bertz CT molecular complexity index is 2560. The van der Waals surface area contributed by atoms with E-state index in [0.29, 0.717) is 75.8 Å². The maximum absolute atomic E-state index is 13.1. The molecule has 0 unspecified atom stereocenters. The van der Waals surface area contributed by atoms with E-state index in [2.05, 4.69) is 40.8 Å². The lowest BCUT2D eigenvalue weighted by molar-refractivity contribution is 0.103. The molecule has 0 saturated carbocycles. The summed E-state index contributed by atoms with van der Waals surface area (Å²) < 4.78 is 29.0. The van der Waals surface area contributed by atoms with Crippen LogP contribution in [0.4, 0.5) is 20.4 Å². The number of hydrogen-bond acceptors (Lipinski definition) is 8. The lowest BCUT2D eigenvalue weighted by Crippen LogP contribution is -2.10. The maximum Gasteiger partial charge on any atom is 0.213 e. The molecular weight excluding hydrogens is 761 g/mol. The van der Waals surface area contributed by atoms with Gasteiger partial charge in [0.1, 0.15) is 46.0 Å². The first-order chi connectivity index (χ1) is 27.1. The number of benzene rings is 2. The molecule has 0 spiro atoms. The number of halogens is 4. The quantitative estimate of drug-likeness (QED) is 0.0748. The van der Waals surface area contributed by atoms with Crippen LogP contribution in [0.15, 0.2) is 104 Å². The molecule has 0 fully saturated rings. The number of anilines is 2. The summed E-state index contributed by atoms with van der Waals surface area (Å²) in [6.07, 6.45) is 7.41. The molecule has 0 aliphatic carbocycles. The Morgan fingerprint density at radius 1 is 0.750 bits per heavy atom. The predicted molar refractivity (Wildman–Crippen MR) is 214 cm³/mol. The number of pyridine rings is 2. The van der Waals surface area contributed by atoms with Crippen molar-refractivity contribution in [3.05, 3.63) is 153 Å². The molecule has 8 rings (SSSR count). The number of fused-ring (bicyclic) bond motifs is 2. The fraction of sp³-hybridized carbons (Fsp3) is 0.150. The molecule has 286 valence electrons. The van der Waals surface area contributed by atoms with E-state index >= 15 is 0 Å². The van der Waals surface area contributed by atoms with Crippen molar-refractivity contribution >= 4 is 69.0 Å². The van der Waals surface area contributed by atoms with Crippen molar-refractivity contribution in [1.29, 1.82) is 0 Å². The number of rotatable bonds is 11. The number of carbonyl (C=O) groups excluding carboxylic acids is 2. The highest BCUT2D eigenvalue weighted by molar-refractivity contribution is 6.31. The van der Waals surface area contributed by atoms with Crippen LogP contribution in [0.1, 0.15) is 51.5 Å². The number of carbonyl (C=O) groups is 2. The number of hydrogen-bond donors (Lipinski definition) is 4. The Morgan fingerprint density at radius 3 is 1.91 bits per heavy atom. The van der Waals surface area contributed by atoms with Crippen LogP contribution in [-0.4, -0.2) is 51.6 Å². The topological polar surface area (TPSA) is 151 Å². The van der Waals surface area contributed by atoms with Gasteiger partial charge in [-0.15, -0.1) is 0 Å². The number of H-pyrrole nitrogens is 2. The van der Waals surface area contributed by atoms with Gasteiger partial charge in [-0.25, -0.2) is 18.7 Å². The van der Waals surface area contributed by atoms with E-state index in [-0.39, 0.29) is 17.4 Å². The van der Waals surface area contributed by atoms with E-state index in [9.17, 15) is 18.4 Å². The summed E-state index contributed by atoms with van der Waals surface area (Å²) in [6, 6.07) is 21.4. The van der Waals surface area contributed by atoms with Crippen LogP contribution < -0.4 is 10.6 Å². The highest BCUT2D eigenvalue weighted by atomic mass is 35.5. The zero-order valence-corrected chi connectivity index (χ0v) is 31.7. The number of aryl methyl sites for hydroxylation is 2. The smallest absolute Gasteiger partial charge is 0.213 e. The second kappa shape index (κ2) is 18.3. The van der Waals surface area contributed by atoms with Crippen molar-refractivity contribution in [1.82, 2.24) is 39.5 Å². The number of aromatic amines is 2. The first-order valence-electron chi connectivity index (χ1n) is 17.5. The lowest BCUT2D eigenvalue weighted by Gasteiger charge is -2.03. The Labute approximate surface area is 329 Å². The molecule has 0 bridgehead atoms. The van der Waals surface area contributed by atoms with Crippen molar-refractivity contribution in [2.45, 2.75) is 40.0 Å². The SMILES string of the molecule is CCn1nc(NCc2ccc(F)cc2)cc1C(=O)c1c[nH]c2ncc(Cl)cc12.CCn1nc(NCc2ccc(F)cc2)cc1C=O.Clc1cnc2[nH]ccc2c1. The summed E-state index contributed by atoms with van der Waals surface area (Å²) in [5.74, 6) is 0.519. The van der Waals surface area contributed by atoms with Crippen molar-refractivity contribution in [2.75, 3.05) is 10.6 Å². The van der Waals surface area contributed by atoms with Crippen LogP contribution >= 0.6 is 23.2 Å². The van der Waals surface area contributed by atoms with Crippen LogP contribution in [0.3, 0.4) is 0 Å².